The fourth-order valence-electron chi connectivity index (χ4n) is 2.08. The van der Waals surface area contributed by atoms with E-state index >= 15 is 0 Å². The van der Waals surface area contributed by atoms with Crippen LogP contribution in [-0.2, 0) is 16.0 Å². The zero-order valence-corrected chi connectivity index (χ0v) is 12.6. The third kappa shape index (κ3) is 7.34. The average molecular weight is 293 g/mol. The van der Waals surface area contributed by atoms with Crippen molar-refractivity contribution in [2.75, 3.05) is 6.61 Å². The summed E-state index contributed by atoms with van der Waals surface area (Å²) in [6.45, 7) is 4.15. The summed E-state index contributed by atoms with van der Waals surface area (Å²) in [6.07, 6.45) is 1.99. The molecule has 0 aliphatic rings. The molecule has 0 aromatic heterocycles. The lowest BCUT2D eigenvalue weighted by atomic mass is 10.0. The first-order chi connectivity index (χ1) is 10.0. The van der Waals surface area contributed by atoms with Crippen molar-refractivity contribution in [1.82, 2.24) is 5.32 Å². The van der Waals surface area contributed by atoms with E-state index in [9.17, 15) is 9.59 Å². The third-order valence-electron chi connectivity index (χ3n) is 2.97. The number of rotatable bonds is 9. The third-order valence-corrected chi connectivity index (χ3v) is 2.97. The minimum Gasteiger partial charge on any atom is -0.494 e. The molecule has 21 heavy (non-hydrogen) atoms. The van der Waals surface area contributed by atoms with Gasteiger partial charge < -0.3 is 15.2 Å². The predicted molar refractivity (Wildman–Crippen MR) is 80.4 cm³/mol. The number of amides is 1. The molecular weight excluding hydrogens is 270 g/mol. The summed E-state index contributed by atoms with van der Waals surface area (Å²) in [5.74, 6) is -0.205. The number of hydrogen-bond donors (Lipinski definition) is 2. The highest BCUT2D eigenvalue weighted by Gasteiger charge is 2.13. The van der Waals surface area contributed by atoms with Gasteiger partial charge in [-0.25, -0.2) is 0 Å². The van der Waals surface area contributed by atoms with Gasteiger partial charge in [0.1, 0.15) is 5.75 Å². The topological polar surface area (TPSA) is 75.6 Å². The van der Waals surface area contributed by atoms with Gasteiger partial charge in [0.15, 0.2) is 0 Å². The van der Waals surface area contributed by atoms with E-state index in [0.29, 0.717) is 19.4 Å². The van der Waals surface area contributed by atoms with E-state index in [0.717, 1.165) is 17.7 Å². The van der Waals surface area contributed by atoms with E-state index in [1.54, 1.807) is 0 Å². The number of benzene rings is 1. The van der Waals surface area contributed by atoms with Gasteiger partial charge >= 0.3 is 5.97 Å². The van der Waals surface area contributed by atoms with Crippen molar-refractivity contribution in [2.24, 2.45) is 0 Å². The lowest BCUT2D eigenvalue weighted by Crippen LogP contribution is -2.35. The lowest BCUT2D eigenvalue weighted by Gasteiger charge is -2.17. The SMILES string of the molecule is CCCOc1cccc(CC(CCC(=O)O)NC(C)=O)c1. The molecule has 1 unspecified atom stereocenters. The number of aliphatic carboxylic acids is 1. The van der Waals surface area contributed by atoms with Crippen LogP contribution in [-0.4, -0.2) is 29.6 Å². The molecule has 1 aromatic carbocycles. The number of carboxylic acids is 1. The van der Waals surface area contributed by atoms with Crippen LogP contribution in [0.2, 0.25) is 0 Å². The Kier molecular flexibility index (Phi) is 7.29. The van der Waals surface area contributed by atoms with Crippen LogP contribution in [0.4, 0.5) is 0 Å². The van der Waals surface area contributed by atoms with Gasteiger partial charge in [-0.1, -0.05) is 19.1 Å². The molecule has 0 saturated heterocycles. The van der Waals surface area contributed by atoms with Crippen molar-refractivity contribution in [3.8, 4) is 5.75 Å². The molecule has 5 nitrogen and oxygen atoms in total. The van der Waals surface area contributed by atoms with E-state index in [1.807, 2.05) is 31.2 Å². The van der Waals surface area contributed by atoms with Crippen LogP contribution in [0.25, 0.3) is 0 Å². The first-order valence-corrected chi connectivity index (χ1v) is 7.22. The molecule has 0 aliphatic heterocycles. The Bertz CT molecular complexity index is 473. The zero-order chi connectivity index (χ0) is 15.7. The number of carboxylic acid groups (broad SMARTS) is 1. The highest BCUT2D eigenvalue weighted by molar-refractivity contribution is 5.73. The van der Waals surface area contributed by atoms with Crippen LogP contribution in [0.3, 0.4) is 0 Å². The molecular formula is C16H23NO4. The summed E-state index contributed by atoms with van der Waals surface area (Å²) in [6, 6.07) is 7.51. The van der Waals surface area contributed by atoms with E-state index in [4.69, 9.17) is 9.84 Å². The van der Waals surface area contributed by atoms with Gasteiger partial charge in [0.2, 0.25) is 5.91 Å². The molecule has 0 heterocycles. The summed E-state index contributed by atoms with van der Waals surface area (Å²) in [5.41, 5.74) is 1.02. The number of hydrogen-bond acceptors (Lipinski definition) is 3. The summed E-state index contributed by atoms with van der Waals surface area (Å²) in [5, 5.41) is 11.6. The maximum Gasteiger partial charge on any atom is 0.303 e. The Hall–Kier alpha value is -2.04. The maximum atomic E-state index is 11.2. The second-order valence-corrected chi connectivity index (χ2v) is 5.03. The van der Waals surface area contributed by atoms with E-state index in [1.165, 1.54) is 6.92 Å². The molecule has 5 heteroatoms. The summed E-state index contributed by atoms with van der Waals surface area (Å²) in [7, 11) is 0. The fourth-order valence-corrected chi connectivity index (χ4v) is 2.08. The standard InChI is InChI=1S/C16H23NO4/c1-3-9-21-15-6-4-5-13(11-15)10-14(17-12(2)18)7-8-16(19)20/h4-6,11,14H,3,7-10H2,1-2H3,(H,17,18)(H,19,20). The van der Waals surface area contributed by atoms with Gasteiger partial charge in [-0.15, -0.1) is 0 Å². The quantitative estimate of drug-likeness (QED) is 0.733. The van der Waals surface area contributed by atoms with Crippen molar-refractivity contribution >= 4 is 11.9 Å². The highest BCUT2D eigenvalue weighted by Crippen LogP contribution is 2.16. The number of nitrogens with one attached hydrogen (secondary N) is 1. The van der Waals surface area contributed by atoms with Crippen LogP contribution in [0, 0.1) is 0 Å². The Balaban J connectivity index is 2.67. The van der Waals surface area contributed by atoms with Crippen molar-refractivity contribution < 1.29 is 19.4 Å². The smallest absolute Gasteiger partial charge is 0.303 e. The monoisotopic (exact) mass is 293 g/mol. The summed E-state index contributed by atoms with van der Waals surface area (Å²) >= 11 is 0. The van der Waals surface area contributed by atoms with Crippen molar-refractivity contribution in [2.45, 2.75) is 45.6 Å². The largest absolute Gasteiger partial charge is 0.494 e. The Morgan fingerprint density at radius 2 is 2.14 bits per heavy atom. The molecule has 2 N–H and O–H groups in total. The Labute approximate surface area is 125 Å². The van der Waals surface area contributed by atoms with Crippen LogP contribution in [0.5, 0.6) is 5.75 Å². The molecule has 1 amide bonds. The van der Waals surface area contributed by atoms with Crippen molar-refractivity contribution in [3.05, 3.63) is 29.8 Å². The number of carbonyl (C=O) groups is 2. The van der Waals surface area contributed by atoms with E-state index in [2.05, 4.69) is 5.32 Å². The van der Waals surface area contributed by atoms with Gasteiger partial charge in [-0.2, -0.15) is 0 Å². The molecule has 1 atom stereocenters. The maximum absolute atomic E-state index is 11.2. The normalized spacial score (nSPS) is 11.7. The molecule has 0 saturated carbocycles. The molecule has 0 aliphatic carbocycles. The summed E-state index contributed by atoms with van der Waals surface area (Å²) in [4.78, 5) is 21.9. The molecule has 0 spiro atoms. The van der Waals surface area contributed by atoms with Crippen molar-refractivity contribution in [3.63, 3.8) is 0 Å². The van der Waals surface area contributed by atoms with Gasteiger partial charge in [0, 0.05) is 19.4 Å². The van der Waals surface area contributed by atoms with Crippen LogP contribution in [0.1, 0.15) is 38.7 Å². The predicted octanol–water partition coefficient (Wildman–Crippen LogP) is 2.39. The first-order valence-electron chi connectivity index (χ1n) is 7.22. The average Bonchev–Trinajstić information content (AvgIpc) is 2.42. The minimum absolute atomic E-state index is 0.0387. The van der Waals surface area contributed by atoms with Gasteiger partial charge in [-0.3, -0.25) is 9.59 Å². The van der Waals surface area contributed by atoms with E-state index in [-0.39, 0.29) is 18.4 Å². The highest BCUT2D eigenvalue weighted by atomic mass is 16.5. The van der Waals surface area contributed by atoms with E-state index < -0.39 is 5.97 Å². The zero-order valence-electron chi connectivity index (χ0n) is 12.6. The first kappa shape index (κ1) is 17.0. The number of ether oxygens (including phenoxy) is 1. The second-order valence-electron chi connectivity index (χ2n) is 5.03. The van der Waals surface area contributed by atoms with Gasteiger partial charge in [-0.05, 0) is 37.0 Å². The Morgan fingerprint density at radius 3 is 2.76 bits per heavy atom. The minimum atomic E-state index is -0.856. The Morgan fingerprint density at radius 1 is 1.38 bits per heavy atom. The molecule has 1 rings (SSSR count). The molecule has 116 valence electrons. The molecule has 0 bridgehead atoms. The molecule has 1 aromatic rings. The lowest BCUT2D eigenvalue weighted by molar-refractivity contribution is -0.137. The fraction of sp³-hybridized carbons (Fsp3) is 0.500. The second kappa shape index (κ2) is 9.00. The summed E-state index contributed by atoms with van der Waals surface area (Å²) < 4.78 is 5.58. The van der Waals surface area contributed by atoms with Crippen molar-refractivity contribution in [1.29, 1.82) is 0 Å². The number of carbonyl (C=O) groups excluding carboxylic acids is 1. The van der Waals surface area contributed by atoms with Crippen LogP contribution < -0.4 is 10.1 Å². The van der Waals surface area contributed by atoms with Crippen LogP contribution in [0.15, 0.2) is 24.3 Å². The molecule has 0 fully saturated rings. The van der Waals surface area contributed by atoms with Crippen LogP contribution >= 0.6 is 0 Å². The van der Waals surface area contributed by atoms with Gasteiger partial charge in [0.25, 0.3) is 0 Å². The molecule has 0 radical (unpaired) electrons. The van der Waals surface area contributed by atoms with Gasteiger partial charge in [0.05, 0.1) is 6.61 Å².